The Morgan fingerprint density at radius 2 is 2.25 bits per heavy atom. The average Bonchev–Trinajstić information content (AvgIpc) is 2.30. The van der Waals surface area contributed by atoms with E-state index in [0.717, 1.165) is 11.3 Å². The van der Waals surface area contributed by atoms with Gasteiger partial charge >= 0.3 is 0 Å². The first-order valence-corrected chi connectivity index (χ1v) is 4.59. The summed E-state index contributed by atoms with van der Waals surface area (Å²) in [5.41, 5.74) is 3.07. The summed E-state index contributed by atoms with van der Waals surface area (Å²) in [4.78, 5) is 10.9. The molecule has 0 radical (unpaired) electrons. The van der Waals surface area contributed by atoms with Crippen molar-refractivity contribution >= 4 is 12.1 Å². The van der Waals surface area contributed by atoms with Crippen LogP contribution in [0, 0.1) is 11.3 Å². The van der Waals surface area contributed by atoms with Crippen molar-refractivity contribution in [2.75, 3.05) is 7.11 Å². The quantitative estimate of drug-likeness (QED) is 0.605. The number of hydrogen-bond donors (Lipinski definition) is 1. The number of hydrogen-bond acceptors (Lipinski definition) is 4. The number of benzene rings is 1. The van der Waals surface area contributed by atoms with Crippen LogP contribution in [-0.2, 0) is 4.79 Å². The van der Waals surface area contributed by atoms with Crippen molar-refractivity contribution in [1.29, 1.82) is 5.26 Å². The van der Waals surface area contributed by atoms with E-state index in [1.807, 2.05) is 0 Å². The first-order valence-electron chi connectivity index (χ1n) is 4.59. The molecule has 0 unspecified atom stereocenters. The number of methoxy groups -OCH3 is 1. The molecule has 0 spiro atoms. The first kappa shape index (κ1) is 11.7. The van der Waals surface area contributed by atoms with E-state index in [1.165, 1.54) is 6.21 Å². The molecule has 5 nitrogen and oxygen atoms in total. The Morgan fingerprint density at radius 1 is 1.56 bits per heavy atom. The molecule has 1 N–H and O–H groups in total. The topological polar surface area (TPSA) is 74.5 Å². The average molecular weight is 217 g/mol. The molecule has 0 fully saturated rings. The number of carbonyl (C=O) groups is 1. The summed E-state index contributed by atoms with van der Waals surface area (Å²) in [5.74, 6) is 0.331. The summed E-state index contributed by atoms with van der Waals surface area (Å²) in [5, 5.41) is 11.9. The lowest BCUT2D eigenvalue weighted by Gasteiger charge is -1.98. The number of carbonyl (C=O) groups excluding carboxylic acids is 1. The molecule has 0 atom stereocenters. The van der Waals surface area contributed by atoms with Crippen molar-refractivity contribution in [2.45, 2.75) is 6.42 Å². The minimum Gasteiger partial charge on any atom is -0.497 e. The summed E-state index contributed by atoms with van der Waals surface area (Å²) in [6, 6.07) is 8.92. The molecular weight excluding hydrogens is 206 g/mol. The van der Waals surface area contributed by atoms with Crippen LogP contribution in [0.1, 0.15) is 12.0 Å². The van der Waals surface area contributed by atoms with Gasteiger partial charge in [-0.25, -0.2) is 5.43 Å². The summed E-state index contributed by atoms with van der Waals surface area (Å²) in [6.45, 7) is 0. The molecule has 82 valence electrons. The van der Waals surface area contributed by atoms with Gasteiger partial charge < -0.3 is 4.74 Å². The van der Waals surface area contributed by atoms with Crippen LogP contribution in [0.15, 0.2) is 29.4 Å². The molecule has 0 aromatic heterocycles. The maximum Gasteiger partial charge on any atom is 0.254 e. The number of rotatable bonds is 4. The third-order valence-electron chi connectivity index (χ3n) is 1.76. The van der Waals surface area contributed by atoms with Gasteiger partial charge in [0.15, 0.2) is 0 Å². The van der Waals surface area contributed by atoms with E-state index in [2.05, 4.69) is 10.5 Å². The SMILES string of the molecule is COc1ccc(C=NNC(=O)CC#N)cc1. The largest absolute Gasteiger partial charge is 0.497 e. The Bertz CT molecular complexity index is 418. The van der Waals surface area contributed by atoms with Gasteiger partial charge in [-0.3, -0.25) is 4.79 Å². The highest BCUT2D eigenvalue weighted by Gasteiger charge is 1.95. The molecule has 0 heterocycles. The van der Waals surface area contributed by atoms with Crippen molar-refractivity contribution in [3.63, 3.8) is 0 Å². The molecular formula is C11H11N3O2. The maximum atomic E-state index is 10.9. The number of hydrazone groups is 1. The van der Waals surface area contributed by atoms with Crippen LogP contribution < -0.4 is 10.2 Å². The second-order valence-electron chi connectivity index (χ2n) is 2.90. The van der Waals surface area contributed by atoms with Crippen molar-refractivity contribution in [3.05, 3.63) is 29.8 Å². The predicted octanol–water partition coefficient (Wildman–Crippen LogP) is 1.06. The highest BCUT2D eigenvalue weighted by atomic mass is 16.5. The van der Waals surface area contributed by atoms with Crippen LogP contribution in [-0.4, -0.2) is 19.2 Å². The summed E-state index contributed by atoms with van der Waals surface area (Å²) in [6.07, 6.45) is 1.30. The summed E-state index contributed by atoms with van der Waals surface area (Å²) >= 11 is 0. The van der Waals surface area contributed by atoms with Crippen LogP contribution in [0.25, 0.3) is 0 Å². The van der Waals surface area contributed by atoms with Crippen LogP contribution in [0.3, 0.4) is 0 Å². The van der Waals surface area contributed by atoms with Crippen LogP contribution in [0.4, 0.5) is 0 Å². The lowest BCUT2D eigenvalue weighted by Crippen LogP contribution is -2.16. The second kappa shape index (κ2) is 6.19. The van der Waals surface area contributed by atoms with Crippen molar-refractivity contribution in [3.8, 4) is 11.8 Å². The molecule has 0 saturated carbocycles. The minimum atomic E-state index is -0.424. The van der Waals surface area contributed by atoms with Gasteiger partial charge in [0, 0.05) is 0 Å². The number of nitriles is 1. The van der Waals surface area contributed by atoms with Crippen LogP contribution in [0.5, 0.6) is 5.75 Å². The second-order valence-corrected chi connectivity index (χ2v) is 2.90. The Labute approximate surface area is 93.3 Å². The zero-order chi connectivity index (χ0) is 11.8. The van der Waals surface area contributed by atoms with Crippen molar-refractivity contribution in [1.82, 2.24) is 5.43 Å². The highest BCUT2D eigenvalue weighted by molar-refractivity contribution is 5.83. The first-order chi connectivity index (χ1) is 7.76. The zero-order valence-corrected chi connectivity index (χ0v) is 8.80. The standard InChI is InChI=1S/C11H11N3O2/c1-16-10-4-2-9(3-5-10)8-13-14-11(15)6-7-12/h2-5,8H,6H2,1H3,(H,14,15). The van der Waals surface area contributed by atoms with Crippen molar-refractivity contribution < 1.29 is 9.53 Å². The fraction of sp³-hybridized carbons (Fsp3) is 0.182. The monoisotopic (exact) mass is 217 g/mol. The third kappa shape index (κ3) is 3.80. The van der Waals surface area contributed by atoms with Crippen LogP contribution in [0.2, 0.25) is 0 Å². The number of ether oxygens (including phenoxy) is 1. The van der Waals surface area contributed by atoms with Gasteiger partial charge in [0.1, 0.15) is 12.2 Å². The predicted molar refractivity (Wildman–Crippen MR) is 59.0 cm³/mol. The molecule has 0 aliphatic carbocycles. The zero-order valence-electron chi connectivity index (χ0n) is 8.80. The Balaban J connectivity index is 2.50. The van der Waals surface area contributed by atoms with Gasteiger partial charge in [0.05, 0.1) is 19.4 Å². The highest BCUT2D eigenvalue weighted by Crippen LogP contribution is 2.09. The minimum absolute atomic E-state index is 0.194. The van der Waals surface area contributed by atoms with E-state index in [4.69, 9.17) is 10.00 Å². The Kier molecular flexibility index (Phi) is 4.54. The Hall–Kier alpha value is -2.35. The van der Waals surface area contributed by atoms with E-state index in [-0.39, 0.29) is 6.42 Å². The van der Waals surface area contributed by atoms with Gasteiger partial charge in [-0.15, -0.1) is 0 Å². The van der Waals surface area contributed by atoms with Gasteiger partial charge in [-0.1, -0.05) is 0 Å². The van der Waals surface area contributed by atoms with Gasteiger partial charge in [-0.05, 0) is 29.8 Å². The number of amides is 1. The lowest BCUT2D eigenvalue weighted by molar-refractivity contribution is -0.120. The molecule has 1 aromatic carbocycles. The van der Waals surface area contributed by atoms with E-state index < -0.39 is 5.91 Å². The van der Waals surface area contributed by atoms with E-state index >= 15 is 0 Å². The fourth-order valence-corrected chi connectivity index (χ4v) is 0.980. The number of nitrogens with one attached hydrogen (secondary N) is 1. The lowest BCUT2D eigenvalue weighted by atomic mass is 10.2. The summed E-state index contributed by atoms with van der Waals surface area (Å²) in [7, 11) is 1.59. The van der Waals surface area contributed by atoms with E-state index in [1.54, 1.807) is 37.4 Å². The molecule has 0 aliphatic heterocycles. The van der Waals surface area contributed by atoms with Gasteiger partial charge in [0.25, 0.3) is 5.91 Å². The molecule has 1 rings (SSSR count). The van der Waals surface area contributed by atoms with Crippen LogP contribution >= 0.6 is 0 Å². The normalized spacial score (nSPS) is 9.75. The maximum absolute atomic E-state index is 10.9. The molecule has 16 heavy (non-hydrogen) atoms. The van der Waals surface area contributed by atoms with E-state index in [0.29, 0.717) is 0 Å². The molecule has 5 heteroatoms. The molecule has 1 amide bonds. The molecule has 1 aromatic rings. The molecule has 0 aliphatic rings. The number of nitrogens with zero attached hydrogens (tertiary/aromatic N) is 2. The molecule has 0 bridgehead atoms. The van der Waals surface area contributed by atoms with E-state index in [9.17, 15) is 4.79 Å². The van der Waals surface area contributed by atoms with Gasteiger partial charge in [-0.2, -0.15) is 10.4 Å². The smallest absolute Gasteiger partial charge is 0.254 e. The molecule has 0 saturated heterocycles. The van der Waals surface area contributed by atoms with Crippen molar-refractivity contribution in [2.24, 2.45) is 5.10 Å². The Morgan fingerprint density at radius 3 is 2.81 bits per heavy atom. The summed E-state index contributed by atoms with van der Waals surface area (Å²) < 4.78 is 4.99. The third-order valence-corrected chi connectivity index (χ3v) is 1.76. The fourth-order valence-electron chi connectivity index (χ4n) is 0.980. The van der Waals surface area contributed by atoms with Gasteiger partial charge in [0.2, 0.25) is 0 Å².